The Morgan fingerprint density at radius 2 is 1.75 bits per heavy atom. The van der Waals surface area contributed by atoms with Crippen LogP contribution in [0.4, 0.5) is 5.69 Å². The van der Waals surface area contributed by atoms with Gasteiger partial charge in [-0.05, 0) is 60.5 Å². The van der Waals surface area contributed by atoms with Gasteiger partial charge in [-0.25, -0.2) is 4.79 Å². The van der Waals surface area contributed by atoms with Crippen molar-refractivity contribution in [1.82, 2.24) is 4.90 Å². The summed E-state index contributed by atoms with van der Waals surface area (Å²) in [5.74, 6) is 0.695. The molecule has 0 spiro atoms. The van der Waals surface area contributed by atoms with Crippen LogP contribution < -0.4 is 25.2 Å². The van der Waals surface area contributed by atoms with E-state index in [1.807, 2.05) is 18.2 Å². The molecule has 4 aromatic rings. The third-order valence-electron chi connectivity index (χ3n) is 7.31. The average molecular weight is 541 g/mol. The van der Waals surface area contributed by atoms with Crippen molar-refractivity contribution in [2.45, 2.75) is 24.9 Å². The summed E-state index contributed by atoms with van der Waals surface area (Å²) in [7, 11) is 1.57. The zero-order valence-electron chi connectivity index (χ0n) is 21.9. The first kappa shape index (κ1) is 25.5. The molecule has 0 unspecified atom stereocenters. The van der Waals surface area contributed by atoms with E-state index in [9.17, 15) is 14.4 Å². The third kappa shape index (κ3) is 4.86. The van der Waals surface area contributed by atoms with Gasteiger partial charge in [-0.15, -0.1) is 0 Å². The van der Waals surface area contributed by atoms with E-state index >= 15 is 0 Å². The molecule has 9 heteroatoms. The van der Waals surface area contributed by atoms with Gasteiger partial charge in [0.2, 0.25) is 5.91 Å². The number of rotatable bonds is 8. The van der Waals surface area contributed by atoms with Gasteiger partial charge in [-0.3, -0.25) is 9.59 Å². The van der Waals surface area contributed by atoms with Crippen molar-refractivity contribution in [3.63, 3.8) is 0 Å². The van der Waals surface area contributed by atoms with Crippen molar-refractivity contribution in [2.24, 2.45) is 0 Å². The Morgan fingerprint density at radius 1 is 1.00 bits per heavy atom. The Labute approximate surface area is 230 Å². The predicted molar refractivity (Wildman–Crippen MR) is 148 cm³/mol. The standard InChI is InChI=1S/C31H28N2O7/c1-37-21-14-10-20(11-15-21)32-30(35)29-26(27-28(40-29)23-5-2-3-6-24(23)39-31(27)36)19-8-12-22(13-9-19)38-18-17-33-16-4-7-25(33)34/h2-3,5-6,8-15,26,29H,4,7,16-18H2,1H3,(H,32,35)/t26-,29+/m0/s1. The van der Waals surface area contributed by atoms with Crippen molar-refractivity contribution < 1.29 is 28.2 Å². The Hall–Kier alpha value is -4.79. The van der Waals surface area contributed by atoms with Crippen molar-refractivity contribution in [2.75, 3.05) is 32.1 Å². The maximum absolute atomic E-state index is 13.6. The number of amides is 2. The van der Waals surface area contributed by atoms with E-state index in [1.165, 1.54) is 0 Å². The van der Waals surface area contributed by atoms with Crippen molar-refractivity contribution in [3.8, 4) is 17.2 Å². The molecule has 9 nitrogen and oxygen atoms in total. The molecule has 3 aromatic carbocycles. The molecule has 1 aromatic heterocycles. The summed E-state index contributed by atoms with van der Waals surface area (Å²) in [5, 5.41) is 3.52. The number of anilines is 1. The summed E-state index contributed by atoms with van der Waals surface area (Å²) < 4.78 is 22.9. The van der Waals surface area contributed by atoms with Crippen molar-refractivity contribution >= 4 is 28.5 Å². The van der Waals surface area contributed by atoms with E-state index < -0.39 is 23.6 Å². The normalized spacial score (nSPS) is 17.9. The third-order valence-corrected chi connectivity index (χ3v) is 7.31. The Bertz CT molecular complexity index is 1610. The maximum atomic E-state index is 13.6. The molecule has 40 heavy (non-hydrogen) atoms. The molecule has 1 fully saturated rings. The first-order chi connectivity index (χ1) is 19.5. The number of hydrogen-bond acceptors (Lipinski definition) is 7. The fourth-order valence-corrected chi connectivity index (χ4v) is 5.30. The highest BCUT2D eigenvalue weighted by Gasteiger charge is 2.44. The van der Waals surface area contributed by atoms with Gasteiger partial charge in [0.15, 0.2) is 6.10 Å². The summed E-state index contributed by atoms with van der Waals surface area (Å²) >= 11 is 0. The Balaban J connectivity index is 1.29. The number of benzene rings is 3. The molecule has 2 amide bonds. The van der Waals surface area contributed by atoms with E-state index in [4.69, 9.17) is 18.6 Å². The molecule has 204 valence electrons. The van der Waals surface area contributed by atoms with Gasteiger partial charge in [0, 0.05) is 18.7 Å². The molecule has 1 saturated heterocycles. The van der Waals surface area contributed by atoms with Gasteiger partial charge >= 0.3 is 5.63 Å². The number of methoxy groups -OCH3 is 1. The number of ether oxygens (including phenoxy) is 3. The van der Waals surface area contributed by atoms with Crippen LogP contribution in [0, 0.1) is 0 Å². The number of hydrogen-bond donors (Lipinski definition) is 1. The zero-order valence-corrected chi connectivity index (χ0v) is 21.9. The molecule has 0 aliphatic carbocycles. The monoisotopic (exact) mass is 540 g/mol. The second-order valence-electron chi connectivity index (χ2n) is 9.76. The summed E-state index contributed by atoms with van der Waals surface area (Å²) in [5.41, 5.74) is 1.42. The molecule has 2 atom stereocenters. The van der Waals surface area contributed by atoms with Crippen LogP contribution >= 0.6 is 0 Å². The predicted octanol–water partition coefficient (Wildman–Crippen LogP) is 4.33. The van der Waals surface area contributed by atoms with Crippen LogP contribution in [-0.2, 0) is 9.59 Å². The molecule has 1 N–H and O–H groups in total. The second-order valence-corrected chi connectivity index (χ2v) is 9.76. The van der Waals surface area contributed by atoms with Crippen LogP contribution in [-0.4, -0.2) is 49.6 Å². The lowest BCUT2D eigenvalue weighted by molar-refractivity contribution is -0.128. The fraction of sp³-hybridized carbons (Fsp3) is 0.258. The van der Waals surface area contributed by atoms with E-state index in [0.717, 1.165) is 13.0 Å². The van der Waals surface area contributed by atoms with E-state index in [1.54, 1.807) is 66.6 Å². The van der Waals surface area contributed by atoms with Crippen molar-refractivity contribution in [1.29, 1.82) is 0 Å². The fourth-order valence-electron chi connectivity index (χ4n) is 5.30. The van der Waals surface area contributed by atoms with Crippen LogP contribution in [0.15, 0.2) is 82.0 Å². The molecule has 0 saturated carbocycles. The van der Waals surface area contributed by atoms with Gasteiger partial charge < -0.3 is 28.8 Å². The molecular formula is C31H28N2O7. The average Bonchev–Trinajstić information content (AvgIpc) is 3.58. The molecule has 6 rings (SSSR count). The van der Waals surface area contributed by atoms with Crippen LogP contribution in [0.2, 0.25) is 0 Å². The number of carbonyl (C=O) groups is 2. The molecule has 3 heterocycles. The minimum atomic E-state index is -1.02. The largest absolute Gasteiger partial charge is 0.497 e. The molecule has 0 radical (unpaired) electrons. The lowest BCUT2D eigenvalue weighted by Crippen LogP contribution is -2.35. The summed E-state index contributed by atoms with van der Waals surface area (Å²) in [6.45, 7) is 1.68. The van der Waals surface area contributed by atoms with E-state index in [0.29, 0.717) is 64.6 Å². The van der Waals surface area contributed by atoms with Gasteiger partial charge in [0.25, 0.3) is 5.91 Å². The summed E-state index contributed by atoms with van der Waals surface area (Å²) in [4.78, 5) is 40.4. The SMILES string of the molecule is COc1ccc(NC(=O)[C@@H]2Oc3c(c(=O)oc4ccccc34)[C@@H]2c2ccc(OCCN3CCCC3=O)cc2)cc1. The number of likely N-dealkylation sites (tertiary alicyclic amines) is 1. The molecule has 0 bridgehead atoms. The summed E-state index contributed by atoms with van der Waals surface area (Å²) in [6, 6.07) is 21.3. The van der Waals surface area contributed by atoms with Crippen LogP contribution in [0.5, 0.6) is 17.2 Å². The quantitative estimate of drug-likeness (QED) is 0.332. The first-order valence-electron chi connectivity index (χ1n) is 13.2. The highest BCUT2D eigenvalue weighted by molar-refractivity contribution is 5.97. The smallest absolute Gasteiger partial charge is 0.344 e. The number of nitrogens with zero attached hydrogens (tertiary/aromatic N) is 1. The number of carbonyl (C=O) groups excluding carboxylic acids is 2. The highest BCUT2D eigenvalue weighted by atomic mass is 16.5. The molecule has 2 aliphatic heterocycles. The molecule has 2 aliphatic rings. The van der Waals surface area contributed by atoms with Crippen LogP contribution in [0.3, 0.4) is 0 Å². The molecular weight excluding hydrogens is 512 g/mol. The number of nitrogens with one attached hydrogen (secondary N) is 1. The minimum Gasteiger partial charge on any atom is -0.497 e. The van der Waals surface area contributed by atoms with Gasteiger partial charge in [-0.2, -0.15) is 0 Å². The minimum absolute atomic E-state index is 0.157. The van der Waals surface area contributed by atoms with Crippen LogP contribution in [0.25, 0.3) is 11.0 Å². The van der Waals surface area contributed by atoms with Gasteiger partial charge in [0.1, 0.15) is 29.4 Å². The zero-order chi connectivity index (χ0) is 27.6. The van der Waals surface area contributed by atoms with E-state index in [-0.39, 0.29) is 5.91 Å². The van der Waals surface area contributed by atoms with Crippen molar-refractivity contribution in [3.05, 3.63) is 94.3 Å². The number of para-hydroxylation sites is 1. The van der Waals surface area contributed by atoms with Crippen LogP contribution in [0.1, 0.15) is 29.9 Å². The topological polar surface area (TPSA) is 107 Å². The lowest BCUT2D eigenvalue weighted by Gasteiger charge is -2.19. The first-order valence-corrected chi connectivity index (χ1v) is 13.2. The Morgan fingerprint density at radius 3 is 2.48 bits per heavy atom. The van der Waals surface area contributed by atoms with Gasteiger partial charge in [-0.1, -0.05) is 24.3 Å². The number of fused-ring (bicyclic) bond motifs is 3. The maximum Gasteiger partial charge on any atom is 0.344 e. The lowest BCUT2D eigenvalue weighted by atomic mass is 9.88. The van der Waals surface area contributed by atoms with Gasteiger partial charge in [0.05, 0.1) is 30.5 Å². The summed E-state index contributed by atoms with van der Waals surface area (Å²) in [6.07, 6.45) is 0.462. The Kier molecular flexibility index (Phi) is 6.86. The second kappa shape index (κ2) is 10.8. The van der Waals surface area contributed by atoms with E-state index in [2.05, 4.69) is 5.32 Å². The highest BCUT2D eigenvalue weighted by Crippen LogP contribution is 2.44.